The Labute approximate surface area is 206 Å². The van der Waals surface area contributed by atoms with Gasteiger partial charge in [0, 0.05) is 15.3 Å². The number of anilines is 1. The number of aliphatic carboxylic acids is 1. The number of hydrogen-bond donors (Lipinski definition) is 3. The van der Waals surface area contributed by atoms with E-state index in [0.29, 0.717) is 29.9 Å². The molecule has 0 bridgehead atoms. The molecular formula is C27H25N3O4S. The third kappa shape index (κ3) is 4.44. The summed E-state index contributed by atoms with van der Waals surface area (Å²) in [6.07, 6.45) is 0.450. The molecule has 4 aromatic rings. The van der Waals surface area contributed by atoms with Gasteiger partial charge in [0.2, 0.25) is 0 Å². The molecule has 2 aromatic heterocycles. The highest BCUT2D eigenvalue weighted by Crippen LogP contribution is 2.51. The molecule has 0 saturated heterocycles. The largest absolute Gasteiger partial charge is 0.481 e. The first-order valence-corrected chi connectivity index (χ1v) is 12.2. The van der Waals surface area contributed by atoms with Gasteiger partial charge >= 0.3 is 12.1 Å². The third-order valence-electron chi connectivity index (χ3n) is 6.42. The van der Waals surface area contributed by atoms with Gasteiger partial charge in [0.1, 0.15) is 11.5 Å². The Bertz CT molecular complexity index is 1370. The molecule has 1 saturated carbocycles. The molecule has 2 aromatic carbocycles. The van der Waals surface area contributed by atoms with Crippen LogP contribution in [0.4, 0.5) is 10.5 Å². The number of H-pyrrole nitrogens is 1. The van der Waals surface area contributed by atoms with Crippen LogP contribution in [0.2, 0.25) is 0 Å². The summed E-state index contributed by atoms with van der Waals surface area (Å²) in [7, 11) is 0. The fourth-order valence-corrected chi connectivity index (χ4v) is 5.37. The number of carbonyl (C=O) groups excluding carboxylic acids is 1. The van der Waals surface area contributed by atoms with Crippen LogP contribution in [-0.4, -0.2) is 27.4 Å². The van der Waals surface area contributed by atoms with E-state index < -0.39 is 23.6 Å². The van der Waals surface area contributed by atoms with Crippen LogP contribution < -0.4 is 5.32 Å². The zero-order valence-electron chi connectivity index (χ0n) is 19.4. The first-order valence-electron chi connectivity index (χ1n) is 11.4. The Balaban J connectivity index is 1.31. The van der Waals surface area contributed by atoms with Crippen molar-refractivity contribution in [1.82, 2.24) is 10.2 Å². The lowest BCUT2D eigenvalue weighted by Gasteiger charge is -2.14. The van der Waals surface area contributed by atoms with Crippen molar-refractivity contribution in [3.05, 3.63) is 82.9 Å². The van der Waals surface area contributed by atoms with Gasteiger partial charge in [0.15, 0.2) is 0 Å². The maximum Gasteiger partial charge on any atom is 0.412 e. The van der Waals surface area contributed by atoms with E-state index in [1.807, 2.05) is 80.6 Å². The summed E-state index contributed by atoms with van der Waals surface area (Å²) in [6.45, 7) is 3.64. The average molecular weight is 488 g/mol. The number of rotatable bonds is 7. The molecule has 1 fully saturated rings. The number of ether oxygens (including phenoxy) is 1. The van der Waals surface area contributed by atoms with Crippen molar-refractivity contribution in [3.63, 3.8) is 0 Å². The Morgan fingerprint density at radius 3 is 2.40 bits per heavy atom. The summed E-state index contributed by atoms with van der Waals surface area (Å²) in [6, 6.07) is 21.3. The zero-order chi connectivity index (χ0) is 24.6. The molecule has 3 N–H and O–H groups in total. The van der Waals surface area contributed by atoms with Crippen LogP contribution in [0.15, 0.2) is 66.7 Å². The van der Waals surface area contributed by atoms with Crippen LogP contribution in [0.3, 0.4) is 0 Å². The van der Waals surface area contributed by atoms with E-state index >= 15 is 0 Å². The fraction of sp³-hybridized carbons (Fsp3) is 0.222. The van der Waals surface area contributed by atoms with Gasteiger partial charge in [-0.3, -0.25) is 15.2 Å². The van der Waals surface area contributed by atoms with Crippen LogP contribution >= 0.6 is 11.3 Å². The molecule has 1 aliphatic rings. The summed E-state index contributed by atoms with van der Waals surface area (Å²) in [5, 5.41) is 19.7. The summed E-state index contributed by atoms with van der Waals surface area (Å²) >= 11 is 1.53. The lowest BCUT2D eigenvalue weighted by atomic mass is 10.1. The first-order chi connectivity index (χ1) is 16.9. The monoisotopic (exact) mass is 487 g/mol. The molecular weight excluding hydrogens is 462 g/mol. The Kier molecular flexibility index (Phi) is 5.90. The van der Waals surface area contributed by atoms with E-state index in [2.05, 4.69) is 15.5 Å². The minimum absolute atomic E-state index is 0.391. The number of aryl methyl sites for hydroxylation is 1. The average Bonchev–Trinajstić information content (AvgIpc) is 3.40. The second-order valence-electron chi connectivity index (χ2n) is 8.77. The molecule has 0 aliphatic heterocycles. The van der Waals surface area contributed by atoms with Crippen molar-refractivity contribution in [2.45, 2.75) is 38.2 Å². The highest BCUT2D eigenvalue weighted by Gasteiger charge is 2.52. The molecule has 2 heterocycles. The smallest absolute Gasteiger partial charge is 0.412 e. The second kappa shape index (κ2) is 9.03. The molecule has 0 radical (unpaired) electrons. The van der Waals surface area contributed by atoms with Crippen LogP contribution in [0.5, 0.6) is 0 Å². The normalized spacial score (nSPS) is 14.8. The number of nitrogens with zero attached hydrogens (tertiary/aromatic N) is 1. The minimum Gasteiger partial charge on any atom is -0.481 e. The highest BCUT2D eigenvalue weighted by molar-refractivity contribution is 7.15. The molecule has 1 unspecified atom stereocenters. The summed E-state index contributed by atoms with van der Waals surface area (Å²) in [5.74, 6) is -0.743. The van der Waals surface area contributed by atoms with E-state index in [9.17, 15) is 14.7 Å². The van der Waals surface area contributed by atoms with Gasteiger partial charge in [-0.25, -0.2) is 4.79 Å². The number of thiophene rings is 1. The van der Waals surface area contributed by atoms with Crippen LogP contribution in [0.25, 0.3) is 21.7 Å². The van der Waals surface area contributed by atoms with Gasteiger partial charge in [0.25, 0.3) is 0 Å². The quantitative estimate of drug-likeness (QED) is 0.275. The SMILES string of the molecule is Cc1n[nH]c(-c2ccc(-c3ccc(C4(C(=O)O)CC4)s3)cc2)c1NC(=O)OC(C)c1ccccc1. The van der Waals surface area contributed by atoms with Crippen molar-refractivity contribution >= 4 is 29.1 Å². The van der Waals surface area contributed by atoms with E-state index in [4.69, 9.17) is 4.74 Å². The van der Waals surface area contributed by atoms with Gasteiger partial charge in [0.05, 0.1) is 17.1 Å². The topological polar surface area (TPSA) is 104 Å². The van der Waals surface area contributed by atoms with E-state index in [0.717, 1.165) is 26.4 Å². The molecule has 1 atom stereocenters. The van der Waals surface area contributed by atoms with Gasteiger partial charge in [-0.1, -0.05) is 54.6 Å². The van der Waals surface area contributed by atoms with Crippen LogP contribution in [0, 0.1) is 6.92 Å². The molecule has 8 heteroatoms. The van der Waals surface area contributed by atoms with Crippen LogP contribution in [-0.2, 0) is 14.9 Å². The predicted molar refractivity (Wildman–Crippen MR) is 136 cm³/mol. The zero-order valence-corrected chi connectivity index (χ0v) is 20.2. The molecule has 5 rings (SSSR count). The van der Waals surface area contributed by atoms with Crippen molar-refractivity contribution in [2.24, 2.45) is 0 Å². The molecule has 35 heavy (non-hydrogen) atoms. The number of carboxylic acids is 1. The lowest BCUT2D eigenvalue weighted by Crippen LogP contribution is -2.17. The number of hydrogen-bond acceptors (Lipinski definition) is 5. The van der Waals surface area contributed by atoms with Gasteiger partial charge < -0.3 is 9.84 Å². The Hall–Kier alpha value is -3.91. The molecule has 178 valence electrons. The Morgan fingerprint density at radius 2 is 1.74 bits per heavy atom. The van der Waals surface area contributed by atoms with E-state index in [1.54, 1.807) is 0 Å². The summed E-state index contributed by atoms with van der Waals surface area (Å²) in [5.41, 5.74) is 4.00. The van der Waals surface area contributed by atoms with Crippen molar-refractivity contribution in [2.75, 3.05) is 5.32 Å². The molecule has 1 amide bonds. The maximum atomic E-state index is 12.6. The predicted octanol–water partition coefficient (Wildman–Crippen LogP) is 6.54. The maximum absolute atomic E-state index is 12.6. The summed E-state index contributed by atoms with van der Waals surface area (Å²) in [4.78, 5) is 26.2. The van der Waals surface area contributed by atoms with Crippen molar-refractivity contribution in [1.29, 1.82) is 0 Å². The number of aromatic amines is 1. The van der Waals surface area contributed by atoms with Gasteiger partial charge in [-0.05, 0) is 49.9 Å². The van der Waals surface area contributed by atoms with Crippen molar-refractivity contribution < 1.29 is 19.4 Å². The Morgan fingerprint density at radius 1 is 1.06 bits per heavy atom. The van der Waals surface area contributed by atoms with E-state index in [-0.39, 0.29) is 0 Å². The number of carbonyl (C=O) groups is 2. The molecule has 7 nitrogen and oxygen atoms in total. The van der Waals surface area contributed by atoms with Crippen LogP contribution in [0.1, 0.15) is 42.0 Å². The number of aromatic nitrogens is 2. The lowest BCUT2D eigenvalue weighted by molar-refractivity contribution is -0.139. The number of benzene rings is 2. The van der Waals surface area contributed by atoms with Gasteiger partial charge in [-0.15, -0.1) is 11.3 Å². The number of amides is 1. The minimum atomic E-state index is -0.743. The first kappa shape index (κ1) is 22.9. The van der Waals surface area contributed by atoms with Crippen molar-refractivity contribution in [3.8, 4) is 21.7 Å². The van der Waals surface area contributed by atoms with Gasteiger partial charge in [-0.2, -0.15) is 5.10 Å². The summed E-state index contributed by atoms with van der Waals surface area (Å²) < 4.78 is 5.55. The molecule has 0 spiro atoms. The third-order valence-corrected chi connectivity index (χ3v) is 7.76. The number of carboxylic acid groups (broad SMARTS) is 1. The highest BCUT2D eigenvalue weighted by atomic mass is 32.1. The standard InChI is InChI=1S/C27H25N3O4S/c1-16-23(28-26(33)34-17(2)18-6-4-3-5-7-18)24(30-29-16)20-10-8-19(9-11-20)21-12-13-22(35-21)27(14-15-27)25(31)32/h3-13,17H,14-15H2,1-2H3,(H,28,33)(H,29,30)(H,31,32). The number of nitrogens with one attached hydrogen (secondary N) is 2. The molecule has 1 aliphatic carbocycles. The second-order valence-corrected chi connectivity index (χ2v) is 9.85. The van der Waals surface area contributed by atoms with E-state index in [1.165, 1.54) is 11.3 Å². The fourth-order valence-electron chi connectivity index (χ4n) is 4.12.